The molecule has 0 aliphatic rings. The van der Waals surface area contributed by atoms with Crippen molar-refractivity contribution in [3.8, 4) is 5.88 Å². The zero-order valence-electron chi connectivity index (χ0n) is 10.7. The Labute approximate surface area is 121 Å². The number of aliphatic carboxylic acids is 1. The van der Waals surface area contributed by atoms with Crippen LogP contribution < -0.4 is 0 Å². The zero-order valence-corrected chi connectivity index (χ0v) is 12.3. The summed E-state index contributed by atoms with van der Waals surface area (Å²) in [6, 6.07) is 0. The maximum Gasteiger partial charge on any atom is 0.303 e. The quantitative estimate of drug-likeness (QED) is 0.593. The van der Waals surface area contributed by atoms with Gasteiger partial charge in [0.2, 0.25) is 5.88 Å². The highest BCUT2D eigenvalue weighted by Crippen LogP contribution is 2.27. The average molecular weight is 299 g/mol. The second kappa shape index (κ2) is 7.91. The van der Waals surface area contributed by atoms with Crippen molar-refractivity contribution >= 4 is 35.6 Å². The number of thiazole rings is 1. The Kier molecular flexibility index (Phi) is 6.52. The number of allylic oxidation sites excluding steroid dienone is 3. The molecule has 1 aromatic heterocycles. The molecule has 0 aliphatic carbocycles. The fourth-order valence-electron chi connectivity index (χ4n) is 1.47. The molecule has 0 unspecified atom stereocenters. The number of rotatable bonds is 7. The van der Waals surface area contributed by atoms with E-state index in [2.05, 4.69) is 0 Å². The number of aromatic nitrogens is 1. The van der Waals surface area contributed by atoms with Gasteiger partial charge in [-0.15, -0.1) is 11.3 Å². The van der Waals surface area contributed by atoms with E-state index < -0.39 is 5.97 Å². The highest BCUT2D eigenvalue weighted by atomic mass is 32.1. The lowest BCUT2D eigenvalue weighted by molar-refractivity contribution is -0.137. The Hall–Kier alpha value is -1.40. The molecule has 6 heteroatoms. The molecule has 104 valence electrons. The normalized spacial score (nSPS) is 11.6. The van der Waals surface area contributed by atoms with Crippen LogP contribution in [0.25, 0.3) is 6.08 Å². The lowest BCUT2D eigenvalue weighted by Gasteiger charge is -2.02. The summed E-state index contributed by atoms with van der Waals surface area (Å²) in [6.45, 7) is 2.47. The third-order valence-electron chi connectivity index (χ3n) is 2.40. The molecular formula is C13H17NO3S2. The molecule has 1 heterocycles. The third kappa shape index (κ3) is 5.00. The van der Waals surface area contributed by atoms with E-state index in [-0.39, 0.29) is 12.3 Å². The van der Waals surface area contributed by atoms with Crippen molar-refractivity contribution < 1.29 is 15.0 Å². The van der Waals surface area contributed by atoms with Crippen LogP contribution in [-0.2, 0) is 11.3 Å². The van der Waals surface area contributed by atoms with Crippen LogP contribution in [-0.4, -0.2) is 20.7 Å². The minimum absolute atomic E-state index is 0.0709. The van der Waals surface area contributed by atoms with Crippen molar-refractivity contribution in [1.82, 2.24) is 4.57 Å². The van der Waals surface area contributed by atoms with E-state index in [4.69, 9.17) is 17.3 Å². The Balaban J connectivity index is 2.76. The topological polar surface area (TPSA) is 62.5 Å². The molecule has 0 aromatic carbocycles. The standard InChI is InChI=1S/C13H17NO3S2/c1-2-3-4-5-7-10-12(17)14(13(18)19-10)9-6-8-11(15)16/h3-5,7,17H,2,6,8-9H2,1H3,(H,15,16)/b4-3+,7-5?. The van der Waals surface area contributed by atoms with E-state index in [9.17, 15) is 9.90 Å². The summed E-state index contributed by atoms with van der Waals surface area (Å²) in [5.74, 6) is -0.729. The van der Waals surface area contributed by atoms with Crippen LogP contribution in [0.15, 0.2) is 18.2 Å². The van der Waals surface area contributed by atoms with Gasteiger partial charge in [-0.3, -0.25) is 9.36 Å². The second-order valence-corrected chi connectivity index (χ2v) is 5.58. The smallest absolute Gasteiger partial charge is 0.303 e. The highest BCUT2D eigenvalue weighted by molar-refractivity contribution is 7.73. The maximum absolute atomic E-state index is 10.5. The van der Waals surface area contributed by atoms with Crippen LogP contribution in [0.4, 0.5) is 0 Å². The van der Waals surface area contributed by atoms with Gasteiger partial charge < -0.3 is 10.2 Å². The predicted molar refractivity (Wildman–Crippen MR) is 80.1 cm³/mol. The van der Waals surface area contributed by atoms with Crippen LogP contribution in [0.3, 0.4) is 0 Å². The lowest BCUT2D eigenvalue weighted by Crippen LogP contribution is -2.01. The lowest BCUT2D eigenvalue weighted by atomic mass is 10.3. The van der Waals surface area contributed by atoms with Gasteiger partial charge in [0, 0.05) is 13.0 Å². The highest BCUT2D eigenvalue weighted by Gasteiger charge is 2.09. The Morgan fingerprint density at radius 3 is 2.84 bits per heavy atom. The van der Waals surface area contributed by atoms with Crippen molar-refractivity contribution in [2.24, 2.45) is 0 Å². The van der Waals surface area contributed by atoms with E-state index >= 15 is 0 Å². The van der Waals surface area contributed by atoms with E-state index in [1.807, 2.05) is 25.2 Å². The van der Waals surface area contributed by atoms with Gasteiger partial charge in [0.15, 0.2) is 3.95 Å². The molecule has 1 rings (SSSR count). The average Bonchev–Trinajstić information content (AvgIpc) is 2.62. The summed E-state index contributed by atoms with van der Waals surface area (Å²) >= 11 is 6.48. The molecule has 0 radical (unpaired) electrons. The van der Waals surface area contributed by atoms with E-state index in [0.717, 1.165) is 6.42 Å². The minimum Gasteiger partial charge on any atom is -0.493 e. The second-order valence-electron chi connectivity index (χ2n) is 3.90. The molecule has 0 atom stereocenters. The molecular weight excluding hydrogens is 282 g/mol. The number of carbonyl (C=O) groups is 1. The summed E-state index contributed by atoms with van der Waals surface area (Å²) in [7, 11) is 0. The van der Waals surface area contributed by atoms with Crippen molar-refractivity contribution in [2.75, 3.05) is 0 Å². The van der Waals surface area contributed by atoms with Gasteiger partial charge in [-0.05, 0) is 31.1 Å². The van der Waals surface area contributed by atoms with Crippen molar-refractivity contribution in [3.05, 3.63) is 27.1 Å². The van der Waals surface area contributed by atoms with E-state index in [0.29, 0.717) is 21.8 Å². The monoisotopic (exact) mass is 299 g/mol. The maximum atomic E-state index is 10.5. The molecule has 1 aromatic rings. The molecule has 4 nitrogen and oxygen atoms in total. The first kappa shape index (κ1) is 15.7. The number of nitrogens with zero attached hydrogens (tertiary/aromatic N) is 1. The van der Waals surface area contributed by atoms with Gasteiger partial charge in [0.05, 0.1) is 4.88 Å². The Bertz CT molecular complexity index is 541. The molecule has 0 aliphatic heterocycles. The molecule has 0 fully saturated rings. The first-order chi connectivity index (χ1) is 9.06. The molecule has 0 saturated carbocycles. The molecule has 19 heavy (non-hydrogen) atoms. The molecule has 0 saturated heterocycles. The summed E-state index contributed by atoms with van der Waals surface area (Å²) in [6.07, 6.45) is 9.06. The number of hydrogen-bond acceptors (Lipinski definition) is 4. The Morgan fingerprint density at radius 1 is 1.47 bits per heavy atom. The van der Waals surface area contributed by atoms with E-state index in [1.54, 1.807) is 10.6 Å². The van der Waals surface area contributed by atoms with Crippen molar-refractivity contribution in [2.45, 2.75) is 32.7 Å². The van der Waals surface area contributed by atoms with Crippen molar-refractivity contribution in [1.29, 1.82) is 0 Å². The van der Waals surface area contributed by atoms with Crippen LogP contribution in [0.5, 0.6) is 5.88 Å². The number of carboxylic acids is 1. The van der Waals surface area contributed by atoms with Crippen LogP contribution in [0.1, 0.15) is 31.1 Å². The van der Waals surface area contributed by atoms with Gasteiger partial charge in [0.25, 0.3) is 0 Å². The summed E-state index contributed by atoms with van der Waals surface area (Å²) in [4.78, 5) is 11.1. The first-order valence-electron chi connectivity index (χ1n) is 6.03. The van der Waals surface area contributed by atoms with Gasteiger partial charge in [0.1, 0.15) is 0 Å². The van der Waals surface area contributed by atoms with Crippen LogP contribution in [0, 0.1) is 3.95 Å². The minimum atomic E-state index is -0.842. The fraction of sp³-hybridized carbons (Fsp3) is 0.385. The molecule has 0 amide bonds. The summed E-state index contributed by atoms with van der Waals surface area (Å²) in [5, 5.41) is 18.6. The van der Waals surface area contributed by atoms with Crippen LogP contribution in [0.2, 0.25) is 0 Å². The third-order valence-corrected chi connectivity index (χ3v) is 3.80. The van der Waals surface area contributed by atoms with Gasteiger partial charge in [-0.1, -0.05) is 25.2 Å². The summed E-state index contributed by atoms with van der Waals surface area (Å²) in [5.41, 5.74) is 0. The molecule has 0 spiro atoms. The number of aromatic hydroxyl groups is 1. The van der Waals surface area contributed by atoms with Gasteiger partial charge in [-0.2, -0.15) is 0 Å². The van der Waals surface area contributed by atoms with Gasteiger partial charge in [-0.25, -0.2) is 0 Å². The Morgan fingerprint density at radius 2 is 2.21 bits per heavy atom. The SMILES string of the molecule is CC/C=C/C=Cc1sc(=S)n(CCCC(=O)O)c1O. The van der Waals surface area contributed by atoms with Gasteiger partial charge >= 0.3 is 5.97 Å². The predicted octanol–water partition coefficient (Wildman–Crippen LogP) is 3.83. The number of carboxylic acid groups (broad SMARTS) is 1. The number of hydrogen-bond donors (Lipinski definition) is 2. The zero-order chi connectivity index (χ0) is 14.3. The largest absolute Gasteiger partial charge is 0.493 e. The first-order valence-corrected chi connectivity index (χ1v) is 7.26. The molecule has 2 N–H and O–H groups in total. The summed E-state index contributed by atoms with van der Waals surface area (Å²) < 4.78 is 2.13. The fourth-order valence-corrected chi connectivity index (χ4v) is 2.74. The molecule has 0 bridgehead atoms. The van der Waals surface area contributed by atoms with Crippen LogP contribution >= 0.6 is 23.6 Å². The van der Waals surface area contributed by atoms with E-state index in [1.165, 1.54) is 11.3 Å². The van der Waals surface area contributed by atoms with Crippen molar-refractivity contribution in [3.63, 3.8) is 0 Å².